The second-order valence-electron chi connectivity index (χ2n) is 7.67. The molecular weight excluding hydrogens is 504 g/mol. The van der Waals surface area contributed by atoms with Gasteiger partial charge in [0.2, 0.25) is 5.91 Å². The number of halogens is 1. The molecule has 2 aromatic carbocycles. The molecule has 8 nitrogen and oxygen atoms in total. The number of rotatable bonds is 11. The van der Waals surface area contributed by atoms with Gasteiger partial charge in [0.1, 0.15) is 18.9 Å². The van der Waals surface area contributed by atoms with Gasteiger partial charge < -0.3 is 14.8 Å². The molecule has 1 aliphatic heterocycles. The van der Waals surface area contributed by atoms with Crippen molar-refractivity contribution in [3.8, 4) is 5.75 Å². The van der Waals surface area contributed by atoms with E-state index in [1.54, 1.807) is 36.4 Å². The summed E-state index contributed by atoms with van der Waals surface area (Å²) in [6.07, 6.45) is 4.78. The van der Waals surface area contributed by atoms with Crippen LogP contribution in [0.15, 0.2) is 60.0 Å². The Morgan fingerprint density at radius 2 is 2.00 bits per heavy atom. The number of ether oxygens (including phenoxy) is 2. The molecule has 0 unspecified atom stereocenters. The Bertz CT molecular complexity index is 1210. The Morgan fingerprint density at radius 3 is 2.75 bits per heavy atom. The first-order valence-electron chi connectivity index (χ1n) is 11.2. The van der Waals surface area contributed by atoms with E-state index >= 15 is 0 Å². The normalized spacial score (nSPS) is 14.2. The summed E-state index contributed by atoms with van der Waals surface area (Å²) >= 11 is 6.85. The number of anilines is 1. The van der Waals surface area contributed by atoms with Gasteiger partial charge in [-0.25, -0.2) is 4.79 Å². The number of nitrogens with zero attached hydrogens (tertiary/aromatic N) is 1. The fourth-order valence-corrected chi connectivity index (χ4v) is 4.16. The van der Waals surface area contributed by atoms with Gasteiger partial charge in [-0.15, -0.1) is 0 Å². The number of carbonyl (C=O) groups excluding carboxylic acids is 4. The molecule has 188 valence electrons. The molecule has 3 amide bonds. The van der Waals surface area contributed by atoms with Crippen LogP contribution in [-0.2, 0) is 14.3 Å². The third-order valence-corrected chi connectivity index (χ3v) is 6.14. The van der Waals surface area contributed by atoms with Crippen molar-refractivity contribution < 1.29 is 28.7 Å². The van der Waals surface area contributed by atoms with Crippen LogP contribution in [0.5, 0.6) is 5.75 Å². The molecule has 0 radical (unpaired) electrons. The van der Waals surface area contributed by atoms with Gasteiger partial charge in [-0.3, -0.25) is 19.3 Å². The van der Waals surface area contributed by atoms with Crippen molar-refractivity contribution in [2.75, 3.05) is 25.1 Å². The van der Waals surface area contributed by atoms with Crippen molar-refractivity contribution >= 4 is 58.1 Å². The zero-order valence-corrected chi connectivity index (χ0v) is 21.2. The van der Waals surface area contributed by atoms with E-state index in [4.69, 9.17) is 21.1 Å². The van der Waals surface area contributed by atoms with Gasteiger partial charge in [0.05, 0.1) is 22.1 Å². The maximum absolute atomic E-state index is 12.8. The first kappa shape index (κ1) is 27.0. The fourth-order valence-electron chi connectivity index (χ4n) is 3.13. The average Bonchev–Trinajstić information content (AvgIpc) is 3.11. The lowest BCUT2D eigenvalue weighted by atomic mass is 10.2. The molecule has 0 saturated carbocycles. The highest BCUT2D eigenvalue weighted by Crippen LogP contribution is 2.32. The van der Waals surface area contributed by atoms with Crippen molar-refractivity contribution in [2.24, 2.45) is 0 Å². The highest BCUT2D eigenvalue weighted by molar-refractivity contribution is 8.18. The third kappa shape index (κ3) is 7.22. The summed E-state index contributed by atoms with van der Waals surface area (Å²) in [6.45, 7) is 5.69. The maximum atomic E-state index is 12.8. The lowest BCUT2D eigenvalue weighted by Crippen LogP contribution is -2.36. The van der Waals surface area contributed by atoms with Gasteiger partial charge in [0, 0.05) is 5.69 Å². The maximum Gasteiger partial charge on any atom is 0.339 e. The number of hydrogen-bond acceptors (Lipinski definition) is 7. The van der Waals surface area contributed by atoms with Crippen molar-refractivity contribution in [1.82, 2.24) is 4.90 Å². The number of benzene rings is 2. The van der Waals surface area contributed by atoms with Crippen molar-refractivity contribution in [3.63, 3.8) is 0 Å². The zero-order valence-electron chi connectivity index (χ0n) is 19.6. The second-order valence-corrected chi connectivity index (χ2v) is 9.07. The number of imide groups is 1. The van der Waals surface area contributed by atoms with Gasteiger partial charge in [-0.2, -0.15) is 0 Å². The summed E-state index contributed by atoms with van der Waals surface area (Å²) in [6, 6.07) is 11.4. The van der Waals surface area contributed by atoms with E-state index in [1.807, 2.05) is 6.92 Å². The molecule has 0 spiro atoms. The molecule has 3 rings (SSSR count). The van der Waals surface area contributed by atoms with E-state index in [0.717, 1.165) is 29.5 Å². The van der Waals surface area contributed by atoms with Crippen LogP contribution in [0.2, 0.25) is 5.02 Å². The molecule has 1 aliphatic rings. The molecule has 0 aliphatic carbocycles. The number of amides is 3. The summed E-state index contributed by atoms with van der Waals surface area (Å²) in [7, 11) is 0. The van der Waals surface area contributed by atoms with Gasteiger partial charge >= 0.3 is 5.97 Å². The molecule has 1 N–H and O–H groups in total. The number of hydrogen-bond donors (Lipinski definition) is 1. The first-order valence-corrected chi connectivity index (χ1v) is 12.4. The molecule has 10 heteroatoms. The van der Waals surface area contributed by atoms with Crippen LogP contribution in [0.4, 0.5) is 10.5 Å². The van der Waals surface area contributed by atoms with Gasteiger partial charge in [-0.05, 0) is 60.2 Å². The molecule has 0 bridgehead atoms. The minimum atomic E-state index is -0.606. The molecule has 0 aromatic heterocycles. The number of esters is 1. The highest BCUT2D eigenvalue weighted by Gasteiger charge is 2.36. The highest BCUT2D eigenvalue weighted by atomic mass is 35.5. The second kappa shape index (κ2) is 12.9. The van der Waals surface area contributed by atoms with Crippen molar-refractivity contribution in [3.05, 3.63) is 76.2 Å². The van der Waals surface area contributed by atoms with Crippen LogP contribution >= 0.6 is 23.4 Å². The van der Waals surface area contributed by atoms with E-state index in [-0.39, 0.29) is 27.8 Å². The van der Waals surface area contributed by atoms with E-state index in [0.29, 0.717) is 17.9 Å². The monoisotopic (exact) mass is 528 g/mol. The molecule has 1 saturated heterocycles. The largest absolute Gasteiger partial charge is 0.490 e. The Labute approximate surface area is 218 Å². The van der Waals surface area contributed by atoms with E-state index in [2.05, 4.69) is 11.9 Å². The number of nitrogens with one attached hydrogen (secondary N) is 1. The summed E-state index contributed by atoms with van der Waals surface area (Å²) in [5.41, 5.74) is 1.07. The molecule has 0 atom stereocenters. The number of carbonyl (C=O) groups is 4. The summed E-state index contributed by atoms with van der Waals surface area (Å²) in [4.78, 5) is 51.1. The van der Waals surface area contributed by atoms with Crippen LogP contribution < -0.4 is 10.1 Å². The Hall–Kier alpha value is -3.56. The SMILES string of the molecule is C=CCOc1cccc(/C=C2/SC(=O)N(CC(=O)Nc3ccc(Cl)c(C(=O)OCCCC)c3)C2=O)c1. The Balaban J connectivity index is 1.65. The molecule has 2 aromatic rings. The minimum absolute atomic E-state index is 0.110. The predicted octanol–water partition coefficient (Wildman–Crippen LogP) is 5.54. The van der Waals surface area contributed by atoms with Crippen LogP contribution in [0.3, 0.4) is 0 Å². The average molecular weight is 529 g/mol. The van der Waals surface area contributed by atoms with Gasteiger partial charge in [-0.1, -0.05) is 49.7 Å². The van der Waals surface area contributed by atoms with Crippen molar-refractivity contribution in [2.45, 2.75) is 19.8 Å². The fraction of sp³-hybridized carbons (Fsp3) is 0.231. The number of unbranched alkanes of at least 4 members (excludes halogenated alkanes) is 1. The number of thioether (sulfide) groups is 1. The smallest absolute Gasteiger partial charge is 0.339 e. The van der Waals surface area contributed by atoms with E-state index in [9.17, 15) is 19.2 Å². The molecule has 1 fully saturated rings. The predicted molar refractivity (Wildman–Crippen MR) is 140 cm³/mol. The summed E-state index contributed by atoms with van der Waals surface area (Å²) in [5.74, 6) is -1.18. The lowest BCUT2D eigenvalue weighted by molar-refractivity contribution is -0.127. The first-order chi connectivity index (χ1) is 17.3. The van der Waals surface area contributed by atoms with Crippen LogP contribution in [0.25, 0.3) is 6.08 Å². The van der Waals surface area contributed by atoms with Crippen LogP contribution in [0, 0.1) is 0 Å². The zero-order chi connectivity index (χ0) is 26.1. The lowest BCUT2D eigenvalue weighted by Gasteiger charge is -2.13. The van der Waals surface area contributed by atoms with Crippen molar-refractivity contribution in [1.29, 1.82) is 0 Å². The summed E-state index contributed by atoms with van der Waals surface area (Å²) < 4.78 is 10.7. The topological polar surface area (TPSA) is 102 Å². The van der Waals surface area contributed by atoms with Gasteiger partial charge in [0.25, 0.3) is 11.1 Å². The molecule has 1 heterocycles. The van der Waals surface area contributed by atoms with Crippen LogP contribution in [0.1, 0.15) is 35.7 Å². The van der Waals surface area contributed by atoms with Gasteiger partial charge in [0.15, 0.2) is 0 Å². The van der Waals surface area contributed by atoms with E-state index in [1.165, 1.54) is 18.2 Å². The summed E-state index contributed by atoms with van der Waals surface area (Å²) in [5, 5.41) is 2.21. The van der Waals surface area contributed by atoms with Crippen LogP contribution in [-0.4, -0.2) is 47.7 Å². The third-order valence-electron chi connectivity index (χ3n) is 4.90. The van der Waals surface area contributed by atoms with E-state index < -0.39 is 29.6 Å². The Kier molecular flexibility index (Phi) is 9.72. The molecular formula is C26H25ClN2O6S. The molecule has 36 heavy (non-hydrogen) atoms. The Morgan fingerprint density at radius 1 is 1.19 bits per heavy atom. The quantitative estimate of drug-likeness (QED) is 0.177. The standard InChI is InChI=1S/C26H25ClN2O6S/c1-3-5-12-35-25(32)20-15-18(9-10-21(20)27)28-23(30)16-29-24(31)22(36-26(29)33)14-17-7-6-8-19(13-17)34-11-4-2/h4,6-10,13-15H,2-3,5,11-12,16H2,1H3,(H,28,30)/b22-14+. The minimum Gasteiger partial charge on any atom is -0.490 e.